The van der Waals surface area contributed by atoms with Gasteiger partial charge in [-0.1, -0.05) is 6.58 Å². The fourth-order valence-corrected chi connectivity index (χ4v) is 2.17. The minimum absolute atomic E-state index is 0.0972. The molecular weight excluding hydrogens is 296 g/mol. The van der Waals surface area contributed by atoms with Crippen LogP contribution in [-0.2, 0) is 0 Å². The number of hydrogen-bond acceptors (Lipinski definition) is 5. The molecule has 23 heavy (non-hydrogen) atoms. The van der Waals surface area contributed by atoms with Crippen molar-refractivity contribution in [2.75, 3.05) is 21.3 Å². The predicted molar refractivity (Wildman–Crippen MR) is 87.6 cm³/mol. The van der Waals surface area contributed by atoms with Crippen molar-refractivity contribution in [3.63, 3.8) is 0 Å². The third-order valence-corrected chi connectivity index (χ3v) is 3.42. The zero-order valence-electron chi connectivity index (χ0n) is 13.3. The number of phenols is 1. The van der Waals surface area contributed by atoms with Crippen LogP contribution in [0.1, 0.15) is 15.9 Å². The second-order valence-electron chi connectivity index (χ2n) is 4.77. The Bertz CT molecular complexity index is 707. The molecule has 0 bridgehead atoms. The van der Waals surface area contributed by atoms with Gasteiger partial charge in [0.1, 0.15) is 5.75 Å². The number of carbonyl (C=O) groups excluding carboxylic acids is 1. The lowest BCUT2D eigenvalue weighted by atomic mass is 9.97. The van der Waals surface area contributed by atoms with Crippen molar-refractivity contribution >= 4 is 11.4 Å². The van der Waals surface area contributed by atoms with E-state index in [1.54, 1.807) is 24.3 Å². The van der Waals surface area contributed by atoms with Gasteiger partial charge in [-0.2, -0.15) is 0 Å². The molecule has 0 spiro atoms. The number of ether oxygens (including phenoxy) is 3. The van der Waals surface area contributed by atoms with Crippen molar-refractivity contribution < 1.29 is 24.1 Å². The van der Waals surface area contributed by atoms with E-state index in [2.05, 4.69) is 6.58 Å². The van der Waals surface area contributed by atoms with E-state index in [9.17, 15) is 9.90 Å². The largest absolute Gasteiger partial charge is 0.508 e. The summed E-state index contributed by atoms with van der Waals surface area (Å²) < 4.78 is 15.8. The average Bonchev–Trinajstić information content (AvgIpc) is 2.59. The molecule has 0 aliphatic heterocycles. The predicted octanol–water partition coefficient (Wildman–Crippen LogP) is 3.31. The summed E-state index contributed by atoms with van der Waals surface area (Å²) in [6, 6.07) is 9.33. The van der Waals surface area contributed by atoms with Crippen LogP contribution in [0, 0.1) is 0 Å². The van der Waals surface area contributed by atoms with Crippen LogP contribution in [-0.4, -0.2) is 32.2 Å². The average molecular weight is 314 g/mol. The van der Waals surface area contributed by atoms with Crippen molar-refractivity contribution in [1.29, 1.82) is 0 Å². The van der Waals surface area contributed by atoms with E-state index in [1.165, 1.54) is 33.5 Å². The van der Waals surface area contributed by atoms with E-state index in [-0.39, 0.29) is 17.1 Å². The fourth-order valence-electron chi connectivity index (χ4n) is 2.17. The maximum Gasteiger partial charge on any atom is 0.203 e. The molecule has 2 rings (SSSR count). The van der Waals surface area contributed by atoms with Gasteiger partial charge in [0, 0.05) is 11.1 Å². The van der Waals surface area contributed by atoms with Gasteiger partial charge < -0.3 is 19.3 Å². The van der Waals surface area contributed by atoms with E-state index < -0.39 is 0 Å². The van der Waals surface area contributed by atoms with Crippen LogP contribution in [0.3, 0.4) is 0 Å². The molecule has 0 heterocycles. The summed E-state index contributed by atoms with van der Waals surface area (Å²) in [5.41, 5.74) is 1.29. The van der Waals surface area contributed by atoms with Crippen molar-refractivity contribution in [1.82, 2.24) is 0 Å². The Morgan fingerprint density at radius 1 is 0.913 bits per heavy atom. The fraction of sp³-hybridized carbons (Fsp3) is 0.167. The molecule has 0 unspecified atom stereocenters. The van der Waals surface area contributed by atoms with Crippen molar-refractivity contribution in [2.24, 2.45) is 0 Å². The first-order valence-electron chi connectivity index (χ1n) is 6.84. The Hall–Kier alpha value is -2.95. The lowest BCUT2D eigenvalue weighted by molar-refractivity contribution is 0.105. The first-order chi connectivity index (χ1) is 11.0. The number of aromatic hydroxyl groups is 1. The van der Waals surface area contributed by atoms with Crippen LogP contribution in [0.4, 0.5) is 0 Å². The summed E-state index contributed by atoms with van der Waals surface area (Å²) in [5.74, 6) is 1.19. The Kier molecular flexibility index (Phi) is 4.91. The summed E-state index contributed by atoms with van der Waals surface area (Å²) in [4.78, 5) is 12.5. The Balaban J connectivity index is 2.42. The highest BCUT2D eigenvalue weighted by atomic mass is 16.5. The Morgan fingerprint density at radius 3 is 1.87 bits per heavy atom. The smallest absolute Gasteiger partial charge is 0.203 e. The molecule has 0 fully saturated rings. The molecule has 0 radical (unpaired) electrons. The molecule has 120 valence electrons. The maximum atomic E-state index is 12.5. The van der Waals surface area contributed by atoms with Gasteiger partial charge in [0.15, 0.2) is 17.3 Å². The van der Waals surface area contributed by atoms with Gasteiger partial charge in [-0.15, -0.1) is 0 Å². The zero-order valence-corrected chi connectivity index (χ0v) is 13.3. The van der Waals surface area contributed by atoms with Crippen molar-refractivity contribution in [2.45, 2.75) is 0 Å². The normalized spacial score (nSPS) is 10.0. The van der Waals surface area contributed by atoms with E-state index in [0.717, 1.165) is 0 Å². The molecule has 0 amide bonds. The van der Waals surface area contributed by atoms with Crippen LogP contribution in [0.25, 0.3) is 5.57 Å². The highest BCUT2D eigenvalue weighted by Crippen LogP contribution is 2.40. The van der Waals surface area contributed by atoms with Crippen LogP contribution < -0.4 is 14.2 Å². The van der Waals surface area contributed by atoms with Gasteiger partial charge in [0.05, 0.1) is 21.3 Å². The molecule has 0 saturated heterocycles. The quantitative estimate of drug-likeness (QED) is 0.654. The third kappa shape index (κ3) is 3.29. The second kappa shape index (κ2) is 6.87. The van der Waals surface area contributed by atoms with E-state index in [0.29, 0.717) is 28.4 Å². The molecule has 0 saturated carbocycles. The number of carbonyl (C=O) groups is 1. The molecule has 2 aromatic carbocycles. The number of ketones is 1. The highest BCUT2D eigenvalue weighted by Gasteiger charge is 2.18. The first-order valence-corrected chi connectivity index (χ1v) is 6.84. The van der Waals surface area contributed by atoms with Gasteiger partial charge in [-0.3, -0.25) is 4.79 Å². The molecule has 2 aromatic rings. The highest BCUT2D eigenvalue weighted by molar-refractivity contribution is 6.28. The first kappa shape index (κ1) is 16.4. The van der Waals surface area contributed by atoms with E-state index in [4.69, 9.17) is 14.2 Å². The Labute approximate surface area is 134 Å². The zero-order chi connectivity index (χ0) is 17.0. The minimum atomic E-state index is -0.251. The number of benzene rings is 2. The molecule has 0 aromatic heterocycles. The molecule has 0 aliphatic rings. The number of methoxy groups -OCH3 is 3. The summed E-state index contributed by atoms with van der Waals surface area (Å²) in [6.07, 6.45) is 0. The van der Waals surface area contributed by atoms with Crippen molar-refractivity contribution in [3.05, 3.63) is 54.1 Å². The van der Waals surface area contributed by atoms with Crippen LogP contribution in [0.15, 0.2) is 43.0 Å². The summed E-state index contributed by atoms with van der Waals surface area (Å²) in [6.45, 7) is 3.87. The van der Waals surface area contributed by atoms with E-state index >= 15 is 0 Å². The van der Waals surface area contributed by atoms with Gasteiger partial charge in [0.25, 0.3) is 0 Å². The Morgan fingerprint density at radius 2 is 1.43 bits per heavy atom. The standard InChI is InChI=1S/C18H18O5/c1-11(17(20)12-5-7-14(19)8-6-12)13-9-15(21-2)18(23-4)16(10-13)22-3/h5-10,19H,1H2,2-4H3. The van der Waals surface area contributed by atoms with Gasteiger partial charge >= 0.3 is 0 Å². The van der Waals surface area contributed by atoms with Crippen LogP contribution >= 0.6 is 0 Å². The monoisotopic (exact) mass is 314 g/mol. The summed E-state index contributed by atoms with van der Waals surface area (Å²) >= 11 is 0. The summed E-state index contributed by atoms with van der Waals surface area (Å²) in [5, 5.41) is 9.31. The number of Topliss-reactive ketones (excluding diaryl/α,β-unsaturated/α-hetero) is 1. The molecular formula is C18H18O5. The second-order valence-corrected chi connectivity index (χ2v) is 4.77. The molecule has 0 atom stereocenters. The van der Waals surface area contributed by atoms with Crippen molar-refractivity contribution in [3.8, 4) is 23.0 Å². The van der Waals surface area contributed by atoms with E-state index in [1.807, 2.05) is 0 Å². The maximum absolute atomic E-state index is 12.5. The molecule has 1 N–H and O–H groups in total. The molecule has 5 heteroatoms. The number of phenolic OH excluding ortho intramolecular Hbond substituents is 1. The van der Waals surface area contributed by atoms with Crippen LogP contribution in [0.5, 0.6) is 23.0 Å². The van der Waals surface area contributed by atoms with Gasteiger partial charge in [-0.25, -0.2) is 0 Å². The molecule has 0 aliphatic carbocycles. The SMILES string of the molecule is C=C(C(=O)c1ccc(O)cc1)c1cc(OC)c(OC)c(OC)c1. The minimum Gasteiger partial charge on any atom is -0.508 e. The summed E-state index contributed by atoms with van der Waals surface area (Å²) in [7, 11) is 4.52. The molecule has 5 nitrogen and oxygen atoms in total. The van der Waals surface area contributed by atoms with Crippen LogP contribution in [0.2, 0.25) is 0 Å². The third-order valence-electron chi connectivity index (χ3n) is 3.42. The lowest BCUT2D eigenvalue weighted by Crippen LogP contribution is -2.03. The van der Waals surface area contributed by atoms with Gasteiger partial charge in [0.2, 0.25) is 5.75 Å². The number of hydrogen-bond donors (Lipinski definition) is 1. The van der Waals surface area contributed by atoms with Gasteiger partial charge in [-0.05, 0) is 42.0 Å². The lowest BCUT2D eigenvalue weighted by Gasteiger charge is -2.15. The topological polar surface area (TPSA) is 65.0 Å². The number of allylic oxidation sites excluding steroid dienone is 1. The number of rotatable bonds is 6.